The molecule has 3 nitrogen and oxygen atoms in total. The minimum Gasteiger partial charge on any atom is -0.375 e. The van der Waals surface area contributed by atoms with Gasteiger partial charge in [-0.15, -0.1) is 0 Å². The van der Waals surface area contributed by atoms with Gasteiger partial charge in [0.15, 0.2) is 0 Å². The summed E-state index contributed by atoms with van der Waals surface area (Å²) in [6.45, 7) is 13.8. The third-order valence-corrected chi connectivity index (χ3v) is 6.13. The van der Waals surface area contributed by atoms with E-state index in [1.807, 2.05) is 0 Å². The number of hydrogen-bond donors (Lipinski definition) is 0. The summed E-state index contributed by atoms with van der Waals surface area (Å²) in [4.78, 5) is 5.45. The maximum Gasteiger partial charge on any atom is 0.0644 e. The van der Waals surface area contributed by atoms with Gasteiger partial charge in [-0.3, -0.25) is 4.90 Å². The number of benzene rings is 1. The highest BCUT2D eigenvalue weighted by Crippen LogP contribution is 2.40. The molecule has 1 aromatic rings. The quantitative estimate of drug-likeness (QED) is 0.776. The minimum absolute atomic E-state index is 0.0257. The van der Waals surface area contributed by atoms with Crippen molar-refractivity contribution in [3.8, 4) is 0 Å². The molecule has 2 saturated heterocycles. The maximum atomic E-state index is 6.03. The van der Waals surface area contributed by atoms with Gasteiger partial charge >= 0.3 is 0 Å². The first-order valence-corrected chi connectivity index (χ1v) is 10.2. The van der Waals surface area contributed by atoms with Crippen molar-refractivity contribution in [2.75, 3.05) is 39.3 Å². The molecule has 0 radical (unpaired) electrons. The summed E-state index contributed by atoms with van der Waals surface area (Å²) in [6, 6.07) is 10.9. The van der Waals surface area contributed by atoms with Crippen molar-refractivity contribution >= 4 is 0 Å². The van der Waals surface area contributed by atoms with Gasteiger partial charge in [0.05, 0.1) is 5.60 Å². The Bertz CT molecular complexity index is 518. The van der Waals surface area contributed by atoms with Crippen molar-refractivity contribution in [2.24, 2.45) is 0 Å². The predicted molar refractivity (Wildman–Crippen MR) is 105 cm³/mol. The minimum atomic E-state index is 0.0257. The van der Waals surface area contributed by atoms with E-state index in [-0.39, 0.29) is 5.60 Å². The van der Waals surface area contributed by atoms with Gasteiger partial charge in [-0.1, -0.05) is 43.7 Å². The van der Waals surface area contributed by atoms with Gasteiger partial charge in [0.1, 0.15) is 0 Å². The van der Waals surface area contributed by atoms with Crippen LogP contribution in [0.3, 0.4) is 0 Å². The summed E-state index contributed by atoms with van der Waals surface area (Å²) in [6.07, 6.45) is 6.13. The zero-order chi connectivity index (χ0) is 17.8. The molecule has 2 aliphatic rings. The van der Waals surface area contributed by atoms with E-state index in [9.17, 15) is 0 Å². The SMILES string of the molecule is CCCC1(N2CCN(CCc3ccccc3)CC2)CCOC(C)(C)C1. The average Bonchev–Trinajstić information content (AvgIpc) is 2.61. The standard InChI is InChI=1S/C22H36N2O/c1-4-11-22(12-18-25-21(2,3)19-22)24-16-14-23(15-17-24)13-10-20-8-6-5-7-9-20/h5-9H,4,10-19H2,1-3H3. The molecule has 1 atom stereocenters. The zero-order valence-corrected chi connectivity index (χ0v) is 16.5. The van der Waals surface area contributed by atoms with Crippen LogP contribution in [0.4, 0.5) is 0 Å². The highest BCUT2D eigenvalue weighted by molar-refractivity contribution is 5.15. The van der Waals surface area contributed by atoms with Gasteiger partial charge in [0.2, 0.25) is 0 Å². The number of hydrogen-bond acceptors (Lipinski definition) is 3. The molecule has 0 aromatic heterocycles. The number of nitrogens with zero attached hydrogens (tertiary/aromatic N) is 2. The lowest BCUT2D eigenvalue weighted by atomic mass is 9.76. The molecule has 0 spiro atoms. The second kappa shape index (κ2) is 8.20. The lowest BCUT2D eigenvalue weighted by Gasteiger charge is -2.53. The van der Waals surface area contributed by atoms with Crippen molar-refractivity contribution in [1.29, 1.82) is 0 Å². The summed E-state index contributed by atoms with van der Waals surface area (Å²) in [7, 11) is 0. The van der Waals surface area contributed by atoms with Crippen LogP contribution in [-0.2, 0) is 11.2 Å². The van der Waals surface area contributed by atoms with E-state index < -0.39 is 0 Å². The summed E-state index contributed by atoms with van der Waals surface area (Å²) in [5, 5.41) is 0. The molecule has 3 rings (SSSR count). The average molecular weight is 345 g/mol. The van der Waals surface area contributed by atoms with E-state index >= 15 is 0 Å². The Hall–Kier alpha value is -0.900. The second-order valence-electron chi connectivity index (χ2n) is 8.57. The Labute approximate surface area is 154 Å². The van der Waals surface area contributed by atoms with Crippen LogP contribution in [-0.4, -0.2) is 60.3 Å². The molecule has 3 heteroatoms. The smallest absolute Gasteiger partial charge is 0.0644 e. The highest BCUT2D eigenvalue weighted by atomic mass is 16.5. The van der Waals surface area contributed by atoms with Crippen molar-refractivity contribution in [3.05, 3.63) is 35.9 Å². The summed E-state index contributed by atoms with van der Waals surface area (Å²) in [5.41, 5.74) is 1.85. The third-order valence-electron chi connectivity index (χ3n) is 6.13. The third kappa shape index (κ3) is 4.84. The van der Waals surface area contributed by atoms with Gasteiger partial charge < -0.3 is 9.64 Å². The fourth-order valence-corrected chi connectivity index (χ4v) is 4.93. The van der Waals surface area contributed by atoms with E-state index in [2.05, 4.69) is 60.9 Å². The lowest BCUT2D eigenvalue weighted by Crippen LogP contribution is -2.61. The van der Waals surface area contributed by atoms with Crippen LogP contribution in [0, 0.1) is 0 Å². The summed E-state index contributed by atoms with van der Waals surface area (Å²) >= 11 is 0. The van der Waals surface area contributed by atoms with Crippen molar-refractivity contribution in [1.82, 2.24) is 9.80 Å². The molecule has 2 fully saturated rings. The Morgan fingerprint density at radius 1 is 1.04 bits per heavy atom. The molecular weight excluding hydrogens is 308 g/mol. The number of ether oxygens (including phenoxy) is 1. The van der Waals surface area contributed by atoms with Crippen molar-refractivity contribution in [3.63, 3.8) is 0 Å². The Balaban J connectivity index is 1.54. The molecule has 1 aromatic carbocycles. The van der Waals surface area contributed by atoms with E-state index in [4.69, 9.17) is 4.74 Å². The van der Waals surface area contributed by atoms with Crippen LogP contribution in [0.2, 0.25) is 0 Å². The van der Waals surface area contributed by atoms with Gasteiger partial charge in [-0.25, -0.2) is 0 Å². The molecule has 25 heavy (non-hydrogen) atoms. The van der Waals surface area contributed by atoms with E-state index in [1.165, 1.54) is 70.4 Å². The first-order chi connectivity index (χ1) is 12.0. The lowest BCUT2D eigenvalue weighted by molar-refractivity contribution is -0.130. The highest BCUT2D eigenvalue weighted by Gasteiger charge is 2.44. The Kier molecular flexibility index (Phi) is 6.19. The largest absolute Gasteiger partial charge is 0.375 e. The first-order valence-electron chi connectivity index (χ1n) is 10.2. The fraction of sp³-hybridized carbons (Fsp3) is 0.727. The molecular formula is C22H36N2O. The van der Waals surface area contributed by atoms with Crippen LogP contribution in [0.5, 0.6) is 0 Å². The molecule has 0 saturated carbocycles. The van der Waals surface area contributed by atoms with Gasteiger partial charge in [-0.05, 0) is 45.1 Å². The van der Waals surface area contributed by atoms with Crippen LogP contribution >= 0.6 is 0 Å². The van der Waals surface area contributed by atoms with Gasteiger partial charge in [0.25, 0.3) is 0 Å². The number of piperazine rings is 1. The predicted octanol–water partition coefficient (Wildman–Crippen LogP) is 3.97. The van der Waals surface area contributed by atoms with Crippen LogP contribution in [0.15, 0.2) is 30.3 Å². The van der Waals surface area contributed by atoms with Crippen LogP contribution < -0.4 is 0 Å². The summed E-state index contributed by atoms with van der Waals surface area (Å²) < 4.78 is 6.03. The van der Waals surface area contributed by atoms with E-state index in [1.54, 1.807) is 0 Å². The first kappa shape index (κ1) is 18.9. The topological polar surface area (TPSA) is 15.7 Å². The Morgan fingerprint density at radius 2 is 1.76 bits per heavy atom. The van der Waals surface area contributed by atoms with E-state index in [0.717, 1.165) is 6.61 Å². The van der Waals surface area contributed by atoms with Gasteiger partial charge in [-0.2, -0.15) is 0 Å². The van der Waals surface area contributed by atoms with Crippen molar-refractivity contribution < 1.29 is 4.74 Å². The number of rotatable bonds is 6. The zero-order valence-electron chi connectivity index (χ0n) is 16.5. The molecule has 2 heterocycles. The monoisotopic (exact) mass is 344 g/mol. The molecule has 0 aliphatic carbocycles. The maximum absolute atomic E-state index is 6.03. The van der Waals surface area contributed by atoms with Crippen molar-refractivity contribution in [2.45, 2.75) is 64.0 Å². The van der Waals surface area contributed by atoms with Gasteiger partial charge in [0, 0.05) is 44.9 Å². The van der Waals surface area contributed by atoms with E-state index in [0.29, 0.717) is 5.54 Å². The molecule has 140 valence electrons. The molecule has 0 N–H and O–H groups in total. The molecule has 1 unspecified atom stereocenters. The Morgan fingerprint density at radius 3 is 2.40 bits per heavy atom. The summed E-state index contributed by atoms with van der Waals surface area (Å²) in [5.74, 6) is 0. The molecule has 0 bridgehead atoms. The van der Waals surface area contributed by atoms with Crippen LogP contribution in [0.1, 0.15) is 52.0 Å². The molecule has 2 aliphatic heterocycles. The van der Waals surface area contributed by atoms with Crippen LogP contribution in [0.25, 0.3) is 0 Å². The normalized spacial score (nSPS) is 28.1. The second-order valence-corrected chi connectivity index (χ2v) is 8.57. The fourth-order valence-electron chi connectivity index (χ4n) is 4.93. The molecule has 0 amide bonds.